The zero-order valence-electron chi connectivity index (χ0n) is 21.3. The molecule has 5 N–H and O–H groups in total. The van der Waals surface area contributed by atoms with Crippen LogP contribution in [0.3, 0.4) is 0 Å². The van der Waals surface area contributed by atoms with Gasteiger partial charge < -0.3 is 21.1 Å². The number of anilines is 1. The van der Waals surface area contributed by atoms with Gasteiger partial charge in [0.15, 0.2) is 5.82 Å². The van der Waals surface area contributed by atoms with Crippen molar-refractivity contribution >= 4 is 35.4 Å². The maximum atomic E-state index is 13.9. The Kier molecular flexibility index (Phi) is 9.40. The molecule has 0 saturated heterocycles. The molecule has 3 rings (SSSR count). The van der Waals surface area contributed by atoms with Gasteiger partial charge in [0, 0.05) is 26.0 Å². The lowest BCUT2D eigenvalue weighted by molar-refractivity contribution is -0.138. The van der Waals surface area contributed by atoms with Crippen LogP contribution in [0.15, 0.2) is 18.3 Å². The number of nitrogens with one attached hydrogen (secondary N) is 4. The number of hydrogen-bond acceptors (Lipinski definition) is 9. The average Bonchev–Trinajstić information content (AvgIpc) is 3.55. The molecule has 0 radical (unpaired) electrons. The van der Waals surface area contributed by atoms with Gasteiger partial charge in [0.05, 0.1) is 6.54 Å². The van der Waals surface area contributed by atoms with Gasteiger partial charge in [0.2, 0.25) is 17.7 Å². The number of aromatic nitrogens is 5. The highest BCUT2D eigenvalue weighted by Gasteiger charge is 2.42. The first-order chi connectivity index (χ1) is 18.1. The van der Waals surface area contributed by atoms with Gasteiger partial charge in [-0.3, -0.25) is 28.9 Å². The second kappa shape index (κ2) is 12.7. The van der Waals surface area contributed by atoms with E-state index in [2.05, 4.69) is 41.6 Å². The highest BCUT2D eigenvalue weighted by Crippen LogP contribution is 2.31. The van der Waals surface area contributed by atoms with Crippen LogP contribution in [0.2, 0.25) is 0 Å². The molecule has 0 fully saturated rings. The summed E-state index contributed by atoms with van der Waals surface area (Å²) in [5.41, 5.74) is 0.639. The van der Waals surface area contributed by atoms with Gasteiger partial charge in [0.25, 0.3) is 5.91 Å². The van der Waals surface area contributed by atoms with Crippen LogP contribution < -0.4 is 20.9 Å². The maximum absolute atomic E-state index is 13.9. The van der Waals surface area contributed by atoms with E-state index >= 15 is 0 Å². The first-order valence-electron chi connectivity index (χ1n) is 12.2. The number of carboxylic acid groups (broad SMARTS) is 1. The van der Waals surface area contributed by atoms with E-state index in [0.717, 1.165) is 0 Å². The Hall–Kier alpha value is -4.43. The molecule has 4 atom stereocenters. The van der Waals surface area contributed by atoms with E-state index in [1.807, 2.05) is 6.92 Å². The van der Waals surface area contributed by atoms with E-state index in [0.29, 0.717) is 12.0 Å². The summed E-state index contributed by atoms with van der Waals surface area (Å²) >= 11 is 0. The van der Waals surface area contributed by atoms with E-state index in [1.165, 1.54) is 18.0 Å². The number of pyridine rings is 1. The predicted octanol–water partition coefficient (Wildman–Crippen LogP) is -0.931. The van der Waals surface area contributed by atoms with E-state index < -0.39 is 54.1 Å². The molecule has 204 valence electrons. The molecule has 38 heavy (non-hydrogen) atoms. The third kappa shape index (κ3) is 6.86. The van der Waals surface area contributed by atoms with Crippen LogP contribution in [0.1, 0.15) is 51.4 Å². The lowest BCUT2D eigenvalue weighted by Crippen LogP contribution is -2.58. The van der Waals surface area contributed by atoms with Gasteiger partial charge in [-0.1, -0.05) is 31.5 Å². The van der Waals surface area contributed by atoms with Crippen molar-refractivity contribution < 1.29 is 29.1 Å². The Morgan fingerprint density at radius 1 is 1.24 bits per heavy atom. The normalized spacial score (nSPS) is 16.6. The van der Waals surface area contributed by atoms with Crippen LogP contribution in [0.5, 0.6) is 0 Å². The zero-order chi connectivity index (χ0) is 27.8. The van der Waals surface area contributed by atoms with Gasteiger partial charge in [-0.25, -0.2) is 4.98 Å². The minimum atomic E-state index is -1.29. The van der Waals surface area contributed by atoms with Crippen LogP contribution in [0.25, 0.3) is 0 Å². The number of H-pyrrole nitrogens is 1. The number of aliphatic carboxylic acids is 1. The van der Waals surface area contributed by atoms with Crippen molar-refractivity contribution in [2.45, 2.75) is 71.1 Å². The summed E-state index contributed by atoms with van der Waals surface area (Å²) in [4.78, 5) is 68.7. The fraction of sp³-hybridized carbons (Fsp3) is 0.522. The van der Waals surface area contributed by atoms with Crippen LogP contribution >= 0.6 is 0 Å². The van der Waals surface area contributed by atoms with Crippen LogP contribution in [0, 0.1) is 5.92 Å². The maximum Gasteiger partial charge on any atom is 0.303 e. The number of aromatic amines is 1. The number of hydrogen-bond donors (Lipinski definition) is 5. The smallest absolute Gasteiger partial charge is 0.303 e. The highest BCUT2D eigenvalue weighted by atomic mass is 16.4. The summed E-state index contributed by atoms with van der Waals surface area (Å²) in [5, 5.41) is 30.4. The molecule has 0 aromatic carbocycles. The average molecular weight is 530 g/mol. The fourth-order valence-corrected chi connectivity index (χ4v) is 4.14. The number of amides is 4. The quantitative estimate of drug-likeness (QED) is 0.228. The third-order valence-electron chi connectivity index (χ3n) is 6.29. The number of carboxylic acids is 1. The van der Waals surface area contributed by atoms with Gasteiger partial charge in [-0.15, -0.1) is 10.2 Å². The fourth-order valence-electron chi connectivity index (χ4n) is 4.14. The molecule has 4 amide bonds. The van der Waals surface area contributed by atoms with Crippen molar-refractivity contribution in [3.05, 3.63) is 29.7 Å². The lowest BCUT2D eigenvalue weighted by atomic mass is 9.97. The Balaban J connectivity index is 1.88. The molecule has 15 nitrogen and oxygen atoms in total. The minimum Gasteiger partial charge on any atom is -0.481 e. The van der Waals surface area contributed by atoms with Crippen LogP contribution in [-0.2, 0) is 36.9 Å². The summed E-state index contributed by atoms with van der Waals surface area (Å²) in [6.45, 7) is 4.87. The molecule has 15 heteroatoms. The first-order valence-corrected chi connectivity index (χ1v) is 12.2. The lowest BCUT2D eigenvalue weighted by Gasteiger charge is -2.30. The van der Waals surface area contributed by atoms with Crippen molar-refractivity contribution in [2.24, 2.45) is 5.92 Å². The van der Waals surface area contributed by atoms with Crippen molar-refractivity contribution in [1.29, 1.82) is 0 Å². The third-order valence-corrected chi connectivity index (χ3v) is 6.29. The number of carbonyl (C=O) groups is 5. The number of rotatable bonds is 12. The predicted molar refractivity (Wildman–Crippen MR) is 131 cm³/mol. The molecular formula is C23H31N9O6. The molecule has 1 aliphatic heterocycles. The molecule has 0 bridgehead atoms. The van der Waals surface area contributed by atoms with Crippen molar-refractivity contribution in [3.63, 3.8) is 0 Å². The standard InChI is InChI=1S/C23H31N9O6/c1-4-12(2)19(26-13(3)33)22(37)27-15(7-8-18(34)35)23(38)32-16(10-14-6-5-9-24-20(14)32)21(36)25-11-17-28-30-31-29-17/h5-6,9,12,15-16,19H,4,7-8,10-11H2,1-3H3,(H,25,36)(H,26,33)(H,27,37)(H,34,35)(H,28,29,30,31)/t12-,15?,16-,19-/m0/s1. The summed E-state index contributed by atoms with van der Waals surface area (Å²) in [6.07, 6.45) is 1.55. The van der Waals surface area contributed by atoms with Crippen molar-refractivity contribution in [1.82, 2.24) is 41.6 Å². The topological polar surface area (TPSA) is 212 Å². The Bertz CT molecular complexity index is 1170. The second-order valence-electron chi connectivity index (χ2n) is 9.02. The largest absolute Gasteiger partial charge is 0.481 e. The van der Waals surface area contributed by atoms with Crippen LogP contribution in [0.4, 0.5) is 5.82 Å². The van der Waals surface area contributed by atoms with E-state index in [4.69, 9.17) is 0 Å². The van der Waals surface area contributed by atoms with Crippen molar-refractivity contribution in [2.75, 3.05) is 4.90 Å². The number of carbonyl (C=O) groups excluding carboxylic acids is 4. The molecule has 0 saturated carbocycles. The molecule has 1 aliphatic rings. The zero-order valence-corrected chi connectivity index (χ0v) is 21.3. The Labute approximate surface area is 218 Å². The van der Waals surface area contributed by atoms with Gasteiger partial charge in [0.1, 0.15) is 23.9 Å². The molecule has 2 aromatic rings. The monoisotopic (exact) mass is 529 g/mol. The SMILES string of the molecule is CC[C@H](C)[C@H](NC(C)=O)C(=O)NC(CCC(=O)O)C(=O)N1c2ncccc2C[C@H]1C(=O)NCc1nn[nH]n1. The molecule has 2 aromatic heterocycles. The molecule has 1 unspecified atom stereocenters. The number of nitrogens with zero attached hydrogens (tertiary/aromatic N) is 5. The summed E-state index contributed by atoms with van der Waals surface area (Å²) < 4.78 is 0. The molecule has 0 aliphatic carbocycles. The van der Waals surface area contributed by atoms with Crippen LogP contribution in [-0.4, -0.2) is 78.4 Å². The summed E-state index contributed by atoms with van der Waals surface area (Å²) in [7, 11) is 0. The molecule has 0 spiro atoms. The summed E-state index contributed by atoms with van der Waals surface area (Å²) in [5.74, 6) is -3.19. The van der Waals surface area contributed by atoms with E-state index in [1.54, 1.807) is 19.1 Å². The van der Waals surface area contributed by atoms with Gasteiger partial charge in [-0.2, -0.15) is 5.21 Å². The van der Waals surface area contributed by atoms with E-state index in [9.17, 15) is 29.1 Å². The van der Waals surface area contributed by atoms with Gasteiger partial charge in [-0.05, 0) is 24.0 Å². The summed E-state index contributed by atoms with van der Waals surface area (Å²) in [6, 6.07) is 0.171. The van der Waals surface area contributed by atoms with E-state index in [-0.39, 0.29) is 36.9 Å². The molecular weight excluding hydrogens is 498 g/mol. The van der Waals surface area contributed by atoms with Crippen molar-refractivity contribution in [3.8, 4) is 0 Å². The minimum absolute atomic E-state index is 0.0376. The first kappa shape index (κ1) is 28.1. The van der Waals surface area contributed by atoms with Gasteiger partial charge >= 0.3 is 5.97 Å². The highest BCUT2D eigenvalue weighted by molar-refractivity contribution is 6.06. The Morgan fingerprint density at radius 2 is 2.00 bits per heavy atom. The number of fused-ring (bicyclic) bond motifs is 1. The number of tetrazole rings is 1. The molecule has 3 heterocycles. The Morgan fingerprint density at radius 3 is 2.63 bits per heavy atom. The second-order valence-corrected chi connectivity index (χ2v) is 9.02.